The number of carbonyl (C=O) groups excluding carboxylic acids is 1. The molecule has 0 spiro atoms. The van der Waals surface area contributed by atoms with Gasteiger partial charge in [0.15, 0.2) is 5.03 Å². The van der Waals surface area contributed by atoms with E-state index in [1.807, 2.05) is 11.8 Å². The molecule has 0 N–H and O–H groups in total. The van der Waals surface area contributed by atoms with Gasteiger partial charge in [-0.2, -0.15) is 0 Å². The molecule has 3 rings (SSSR count). The first kappa shape index (κ1) is 17.4. The Balaban J connectivity index is 1.77. The Bertz CT molecular complexity index is 823. The normalized spacial score (nSPS) is 15.0. The number of thiazole rings is 1. The number of sulfone groups is 1. The Morgan fingerprint density at radius 3 is 2.58 bits per heavy atom. The molecule has 0 unspecified atom stereocenters. The van der Waals surface area contributed by atoms with Crippen LogP contribution >= 0.6 is 23.1 Å². The summed E-state index contributed by atoms with van der Waals surface area (Å²) in [6, 6.07) is 6.72. The molecule has 2 heterocycles. The third kappa shape index (κ3) is 3.65. The molecule has 1 amide bonds. The highest BCUT2D eigenvalue weighted by atomic mass is 32.2. The van der Waals surface area contributed by atoms with Crippen molar-refractivity contribution in [3.63, 3.8) is 0 Å². The van der Waals surface area contributed by atoms with Crippen molar-refractivity contribution in [3.8, 4) is 0 Å². The van der Waals surface area contributed by atoms with Crippen molar-refractivity contribution in [2.45, 2.75) is 33.9 Å². The van der Waals surface area contributed by atoms with E-state index in [9.17, 15) is 13.2 Å². The zero-order valence-corrected chi connectivity index (χ0v) is 15.7. The molecule has 1 aromatic carbocycles. The fourth-order valence-electron chi connectivity index (χ4n) is 2.51. The highest BCUT2D eigenvalue weighted by molar-refractivity contribution is 8.02. The number of hydrogen-bond donors (Lipinski definition) is 0. The number of aryl methyl sites for hydroxylation is 1. The Kier molecular flexibility index (Phi) is 5.27. The van der Waals surface area contributed by atoms with E-state index in [4.69, 9.17) is 0 Å². The van der Waals surface area contributed by atoms with Crippen molar-refractivity contribution in [2.75, 3.05) is 18.8 Å². The summed E-state index contributed by atoms with van der Waals surface area (Å²) >= 11 is 2.52. The molecule has 0 bridgehead atoms. The predicted molar refractivity (Wildman–Crippen MR) is 95.3 cm³/mol. The van der Waals surface area contributed by atoms with Gasteiger partial charge in [0.25, 0.3) is 0 Å². The Morgan fingerprint density at radius 1 is 1.25 bits per heavy atom. The first-order valence-electron chi connectivity index (χ1n) is 7.64. The van der Waals surface area contributed by atoms with Gasteiger partial charge in [-0.05, 0) is 31.9 Å². The van der Waals surface area contributed by atoms with Gasteiger partial charge in [0, 0.05) is 13.1 Å². The van der Waals surface area contributed by atoms with Crippen LogP contribution in [0.4, 0.5) is 0 Å². The van der Waals surface area contributed by atoms with Crippen LogP contribution in [0.5, 0.6) is 0 Å². The molecule has 0 aliphatic carbocycles. The van der Waals surface area contributed by atoms with Crippen LogP contribution in [0.1, 0.15) is 18.4 Å². The Labute approximate surface area is 150 Å². The third-order valence-electron chi connectivity index (χ3n) is 3.88. The van der Waals surface area contributed by atoms with E-state index in [0.29, 0.717) is 4.21 Å². The van der Waals surface area contributed by atoms with Crippen LogP contribution in [-0.2, 0) is 14.6 Å². The first-order chi connectivity index (χ1) is 11.5. The number of likely N-dealkylation sites (tertiary alicyclic amines) is 1. The van der Waals surface area contributed by atoms with E-state index in [1.165, 1.54) is 28.6 Å². The maximum atomic E-state index is 12.8. The molecule has 1 aliphatic rings. The molecular formula is C16H18N2O3S3. The molecule has 1 fully saturated rings. The number of benzene rings is 1. The monoisotopic (exact) mass is 382 g/mol. The number of nitrogens with zero attached hydrogens (tertiary/aromatic N) is 2. The van der Waals surface area contributed by atoms with Crippen molar-refractivity contribution >= 4 is 38.8 Å². The largest absolute Gasteiger partial charge is 0.342 e. The third-order valence-corrected chi connectivity index (χ3v) is 7.95. The summed E-state index contributed by atoms with van der Waals surface area (Å²) in [5.74, 6) is 0.308. The smallest absolute Gasteiger partial charge is 0.232 e. The summed E-state index contributed by atoms with van der Waals surface area (Å²) in [5, 5.41) is 0.0515. The molecule has 24 heavy (non-hydrogen) atoms. The quantitative estimate of drug-likeness (QED) is 0.744. The van der Waals surface area contributed by atoms with Gasteiger partial charge in [0.05, 0.1) is 20.4 Å². The zero-order chi connectivity index (χ0) is 17.2. The van der Waals surface area contributed by atoms with Crippen LogP contribution in [0, 0.1) is 6.92 Å². The van der Waals surface area contributed by atoms with Gasteiger partial charge in [-0.1, -0.05) is 17.7 Å². The van der Waals surface area contributed by atoms with E-state index in [1.54, 1.807) is 24.3 Å². The minimum atomic E-state index is -3.66. The van der Waals surface area contributed by atoms with Gasteiger partial charge < -0.3 is 4.90 Å². The lowest BCUT2D eigenvalue weighted by atomic mass is 10.2. The number of aromatic nitrogens is 1. The van der Waals surface area contributed by atoms with Gasteiger partial charge in [0.2, 0.25) is 15.7 Å². The fourth-order valence-corrected chi connectivity index (χ4v) is 6.29. The van der Waals surface area contributed by atoms with Crippen LogP contribution in [0.15, 0.2) is 43.9 Å². The van der Waals surface area contributed by atoms with E-state index < -0.39 is 9.84 Å². The summed E-state index contributed by atoms with van der Waals surface area (Å²) in [4.78, 5) is 18.3. The standard InChI is InChI=1S/C16H18N2O3S3/c1-12-4-6-13(7-5-12)24(20,21)15-16(23-11-17-15)22-10-14(19)18-8-2-3-9-18/h4-7,11H,2-3,8-10H2,1H3. The molecule has 1 saturated heterocycles. The minimum absolute atomic E-state index is 0.0515. The second-order valence-electron chi connectivity index (χ2n) is 5.64. The van der Waals surface area contributed by atoms with Gasteiger partial charge in [0.1, 0.15) is 0 Å². The maximum absolute atomic E-state index is 12.8. The average Bonchev–Trinajstić information content (AvgIpc) is 3.24. The van der Waals surface area contributed by atoms with E-state index in [-0.39, 0.29) is 21.6 Å². The van der Waals surface area contributed by atoms with Gasteiger partial charge in [-0.25, -0.2) is 13.4 Å². The molecule has 0 radical (unpaired) electrons. The number of amides is 1. The van der Waals surface area contributed by atoms with Crippen molar-refractivity contribution in [3.05, 3.63) is 35.3 Å². The molecule has 0 saturated carbocycles. The molecule has 128 valence electrons. The second kappa shape index (κ2) is 7.25. The van der Waals surface area contributed by atoms with E-state index >= 15 is 0 Å². The summed E-state index contributed by atoms with van der Waals surface area (Å²) in [6.07, 6.45) is 2.09. The highest BCUT2D eigenvalue weighted by Gasteiger charge is 2.26. The number of hydrogen-bond acceptors (Lipinski definition) is 6. The average molecular weight is 383 g/mol. The van der Waals surface area contributed by atoms with Crippen LogP contribution < -0.4 is 0 Å². The van der Waals surface area contributed by atoms with E-state index in [0.717, 1.165) is 31.5 Å². The van der Waals surface area contributed by atoms with Gasteiger partial charge in [-0.3, -0.25) is 4.79 Å². The Morgan fingerprint density at radius 2 is 1.92 bits per heavy atom. The topological polar surface area (TPSA) is 67.3 Å². The number of rotatable bonds is 5. The summed E-state index contributed by atoms with van der Waals surface area (Å²) in [6.45, 7) is 3.51. The molecular weight excluding hydrogens is 364 g/mol. The van der Waals surface area contributed by atoms with Gasteiger partial charge >= 0.3 is 0 Å². The van der Waals surface area contributed by atoms with Crippen molar-refractivity contribution in [2.24, 2.45) is 0 Å². The summed E-state index contributed by atoms with van der Waals surface area (Å²) in [7, 11) is -3.66. The van der Waals surface area contributed by atoms with Crippen molar-refractivity contribution in [1.29, 1.82) is 0 Å². The van der Waals surface area contributed by atoms with Crippen molar-refractivity contribution in [1.82, 2.24) is 9.88 Å². The molecule has 8 heteroatoms. The molecule has 2 aromatic rings. The molecule has 1 aliphatic heterocycles. The Hall–Kier alpha value is -1.38. The first-order valence-corrected chi connectivity index (χ1v) is 11.0. The van der Waals surface area contributed by atoms with Gasteiger partial charge in [-0.15, -0.1) is 23.1 Å². The lowest BCUT2D eigenvalue weighted by Gasteiger charge is -2.14. The molecule has 5 nitrogen and oxygen atoms in total. The van der Waals surface area contributed by atoms with Crippen LogP contribution in [0.2, 0.25) is 0 Å². The molecule has 0 atom stereocenters. The number of carbonyl (C=O) groups is 1. The zero-order valence-electron chi connectivity index (χ0n) is 13.3. The fraction of sp³-hybridized carbons (Fsp3) is 0.375. The van der Waals surface area contributed by atoms with Crippen LogP contribution in [-0.4, -0.2) is 43.1 Å². The van der Waals surface area contributed by atoms with Crippen LogP contribution in [0.25, 0.3) is 0 Å². The second-order valence-corrected chi connectivity index (χ2v) is 9.60. The lowest BCUT2D eigenvalue weighted by Crippen LogP contribution is -2.29. The highest BCUT2D eigenvalue weighted by Crippen LogP contribution is 2.33. The lowest BCUT2D eigenvalue weighted by molar-refractivity contribution is -0.127. The van der Waals surface area contributed by atoms with Crippen LogP contribution in [0.3, 0.4) is 0 Å². The van der Waals surface area contributed by atoms with E-state index in [2.05, 4.69) is 4.98 Å². The molecule has 1 aromatic heterocycles. The number of thioether (sulfide) groups is 1. The van der Waals surface area contributed by atoms with Crippen molar-refractivity contribution < 1.29 is 13.2 Å². The summed E-state index contributed by atoms with van der Waals surface area (Å²) < 4.78 is 26.1. The predicted octanol–water partition coefficient (Wildman–Crippen LogP) is 3.00. The minimum Gasteiger partial charge on any atom is -0.342 e. The maximum Gasteiger partial charge on any atom is 0.232 e. The SMILES string of the molecule is Cc1ccc(S(=O)(=O)c2ncsc2SCC(=O)N2CCCC2)cc1. The summed E-state index contributed by atoms with van der Waals surface area (Å²) in [5.41, 5.74) is 2.52.